The molecule has 2 aromatic carbocycles. The van der Waals surface area contributed by atoms with E-state index >= 15 is 0 Å². The van der Waals surface area contributed by atoms with Gasteiger partial charge in [0.05, 0.1) is 12.2 Å². The molecule has 0 saturated heterocycles. The number of hydrogen-bond acceptors (Lipinski definition) is 4. The number of rotatable bonds is 7. The highest BCUT2D eigenvalue weighted by molar-refractivity contribution is 5.96. The number of nitrogens with one attached hydrogen (secondary N) is 1. The van der Waals surface area contributed by atoms with Gasteiger partial charge in [-0.1, -0.05) is 19.1 Å². The van der Waals surface area contributed by atoms with Gasteiger partial charge in [0.15, 0.2) is 6.10 Å². The van der Waals surface area contributed by atoms with E-state index in [1.54, 1.807) is 25.1 Å². The minimum absolute atomic E-state index is 0.221. The maximum Gasteiger partial charge on any atom is 0.338 e. The first kappa shape index (κ1) is 19.5. The Kier molecular flexibility index (Phi) is 6.78. The molecule has 2 aromatic rings. The summed E-state index contributed by atoms with van der Waals surface area (Å²) in [5.74, 6) is 0.0741. The number of carbonyl (C=O) groups excluding carboxylic acids is 2. The standard InChI is InChI=1S/C21H25NO4/c1-5-19(26-17-9-7-8-14(3)12-17)20(23)22-18-11-10-16(13-15(18)4)21(24)25-6-2/h7-13,19H,5-6H2,1-4H3,(H,22,23)/t19-/m1/s1. The summed E-state index contributed by atoms with van der Waals surface area (Å²) in [6.07, 6.45) is -0.0550. The molecule has 0 aliphatic rings. The maximum absolute atomic E-state index is 12.6. The molecule has 0 fully saturated rings. The zero-order valence-corrected chi connectivity index (χ0v) is 15.7. The third kappa shape index (κ3) is 5.09. The highest BCUT2D eigenvalue weighted by Crippen LogP contribution is 2.20. The second kappa shape index (κ2) is 9.04. The molecule has 0 saturated carbocycles. The molecular weight excluding hydrogens is 330 g/mol. The van der Waals surface area contributed by atoms with Crippen molar-refractivity contribution in [1.82, 2.24) is 0 Å². The Morgan fingerprint density at radius 2 is 1.85 bits per heavy atom. The van der Waals surface area contributed by atoms with Crippen LogP contribution in [0.2, 0.25) is 0 Å². The molecule has 1 amide bonds. The number of amides is 1. The topological polar surface area (TPSA) is 64.6 Å². The van der Waals surface area contributed by atoms with Gasteiger partial charge in [0, 0.05) is 5.69 Å². The number of esters is 1. The number of ether oxygens (including phenoxy) is 2. The van der Waals surface area contributed by atoms with E-state index in [0.717, 1.165) is 11.1 Å². The van der Waals surface area contributed by atoms with Crippen LogP contribution in [0.15, 0.2) is 42.5 Å². The second-order valence-electron chi connectivity index (χ2n) is 6.07. The molecule has 0 aliphatic heterocycles. The van der Waals surface area contributed by atoms with Crippen LogP contribution in [0.25, 0.3) is 0 Å². The number of hydrogen-bond donors (Lipinski definition) is 1. The summed E-state index contributed by atoms with van der Waals surface area (Å²) in [4.78, 5) is 24.4. The van der Waals surface area contributed by atoms with Crippen molar-refractivity contribution in [3.8, 4) is 5.75 Å². The minimum Gasteiger partial charge on any atom is -0.481 e. The summed E-state index contributed by atoms with van der Waals surface area (Å²) in [6, 6.07) is 12.7. The molecule has 0 bridgehead atoms. The van der Waals surface area contributed by atoms with E-state index in [2.05, 4.69) is 5.32 Å². The number of aryl methyl sites for hydroxylation is 2. The van der Waals surface area contributed by atoms with E-state index in [9.17, 15) is 9.59 Å². The van der Waals surface area contributed by atoms with E-state index in [1.807, 2.05) is 45.0 Å². The number of benzene rings is 2. The average Bonchev–Trinajstić information content (AvgIpc) is 2.61. The summed E-state index contributed by atoms with van der Waals surface area (Å²) < 4.78 is 10.8. The molecule has 0 heterocycles. The van der Waals surface area contributed by atoms with E-state index in [4.69, 9.17) is 9.47 Å². The van der Waals surface area contributed by atoms with Gasteiger partial charge in [-0.05, 0) is 68.7 Å². The molecule has 0 aliphatic carbocycles. The van der Waals surface area contributed by atoms with Gasteiger partial charge in [-0.2, -0.15) is 0 Å². The van der Waals surface area contributed by atoms with Crippen LogP contribution in [0, 0.1) is 13.8 Å². The van der Waals surface area contributed by atoms with Crippen LogP contribution in [-0.2, 0) is 9.53 Å². The zero-order valence-electron chi connectivity index (χ0n) is 15.7. The minimum atomic E-state index is -0.596. The molecule has 1 atom stereocenters. The smallest absolute Gasteiger partial charge is 0.338 e. The van der Waals surface area contributed by atoms with Crippen molar-refractivity contribution in [3.05, 3.63) is 59.2 Å². The average molecular weight is 355 g/mol. The van der Waals surface area contributed by atoms with Crippen molar-refractivity contribution >= 4 is 17.6 Å². The predicted molar refractivity (Wildman–Crippen MR) is 102 cm³/mol. The van der Waals surface area contributed by atoms with Crippen molar-refractivity contribution in [1.29, 1.82) is 0 Å². The lowest BCUT2D eigenvalue weighted by molar-refractivity contribution is -0.122. The van der Waals surface area contributed by atoms with Gasteiger partial charge < -0.3 is 14.8 Å². The van der Waals surface area contributed by atoms with Gasteiger partial charge in [-0.25, -0.2) is 4.79 Å². The van der Waals surface area contributed by atoms with Gasteiger partial charge in [0.2, 0.25) is 0 Å². The van der Waals surface area contributed by atoms with Gasteiger partial charge in [0.1, 0.15) is 5.75 Å². The largest absolute Gasteiger partial charge is 0.481 e. The van der Waals surface area contributed by atoms with Crippen LogP contribution in [0.5, 0.6) is 5.75 Å². The van der Waals surface area contributed by atoms with Gasteiger partial charge in [-0.15, -0.1) is 0 Å². The van der Waals surface area contributed by atoms with E-state index < -0.39 is 6.10 Å². The van der Waals surface area contributed by atoms with Crippen molar-refractivity contribution in [3.63, 3.8) is 0 Å². The maximum atomic E-state index is 12.6. The molecule has 0 spiro atoms. The van der Waals surface area contributed by atoms with Crippen molar-refractivity contribution in [2.45, 2.75) is 40.2 Å². The quantitative estimate of drug-likeness (QED) is 0.753. The van der Waals surface area contributed by atoms with E-state index in [0.29, 0.717) is 30.0 Å². The normalized spacial score (nSPS) is 11.5. The molecular formula is C21H25NO4. The predicted octanol–water partition coefficient (Wildman–Crippen LogP) is 4.28. The fraction of sp³-hybridized carbons (Fsp3) is 0.333. The highest BCUT2D eigenvalue weighted by Gasteiger charge is 2.19. The van der Waals surface area contributed by atoms with E-state index in [-0.39, 0.29) is 11.9 Å². The molecule has 138 valence electrons. The summed E-state index contributed by atoms with van der Waals surface area (Å²) in [5.41, 5.74) is 2.97. The summed E-state index contributed by atoms with van der Waals surface area (Å²) >= 11 is 0. The molecule has 2 rings (SSSR count). The van der Waals surface area contributed by atoms with Crippen LogP contribution in [0.4, 0.5) is 5.69 Å². The summed E-state index contributed by atoms with van der Waals surface area (Å²) in [7, 11) is 0. The molecule has 26 heavy (non-hydrogen) atoms. The third-order valence-corrected chi connectivity index (χ3v) is 3.93. The van der Waals surface area contributed by atoms with Crippen LogP contribution >= 0.6 is 0 Å². The monoisotopic (exact) mass is 355 g/mol. The Morgan fingerprint density at radius 1 is 1.08 bits per heavy atom. The first-order valence-corrected chi connectivity index (χ1v) is 8.76. The first-order chi connectivity index (χ1) is 12.4. The number of carbonyl (C=O) groups is 2. The lowest BCUT2D eigenvalue weighted by Crippen LogP contribution is -2.32. The van der Waals surface area contributed by atoms with Crippen LogP contribution < -0.4 is 10.1 Å². The molecule has 5 heteroatoms. The number of anilines is 1. The fourth-order valence-corrected chi connectivity index (χ4v) is 2.53. The lowest BCUT2D eigenvalue weighted by Gasteiger charge is -2.18. The molecule has 0 unspecified atom stereocenters. The fourth-order valence-electron chi connectivity index (χ4n) is 2.53. The Balaban J connectivity index is 2.08. The van der Waals surface area contributed by atoms with Crippen molar-refractivity contribution in [2.75, 3.05) is 11.9 Å². The van der Waals surface area contributed by atoms with Crippen LogP contribution in [0.1, 0.15) is 41.8 Å². The Bertz CT molecular complexity index is 785. The van der Waals surface area contributed by atoms with Crippen molar-refractivity contribution < 1.29 is 19.1 Å². The van der Waals surface area contributed by atoms with Gasteiger partial charge in [0.25, 0.3) is 5.91 Å². The summed E-state index contributed by atoms with van der Waals surface area (Å²) in [6.45, 7) is 7.79. The first-order valence-electron chi connectivity index (χ1n) is 8.76. The van der Waals surface area contributed by atoms with Crippen LogP contribution in [-0.4, -0.2) is 24.6 Å². The lowest BCUT2D eigenvalue weighted by atomic mass is 10.1. The Hall–Kier alpha value is -2.82. The summed E-state index contributed by atoms with van der Waals surface area (Å²) in [5, 5.41) is 2.88. The van der Waals surface area contributed by atoms with Crippen LogP contribution in [0.3, 0.4) is 0 Å². The SMILES string of the molecule is CCOC(=O)c1ccc(NC(=O)[C@@H](CC)Oc2cccc(C)c2)c(C)c1. The van der Waals surface area contributed by atoms with Gasteiger partial charge >= 0.3 is 5.97 Å². The molecule has 0 aromatic heterocycles. The molecule has 1 N–H and O–H groups in total. The van der Waals surface area contributed by atoms with E-state index in [1.165, 1.54) is 0 Å². The van der Waals surface area contributed by atoms with Gasteiger partial charge in [-0.3, -0.25) is 4.79 Å². The highest BCUT2D eigenvalue weighted by atomic mass is 16.5. The molecule has 5 nitrogen and oxygen atoms in total. The second-order valence-corrected chi connectivity index (χ2v) is 6.07. The van der Waals surface area contributed by atoms with Crippen molar-refractivity contribution in [2.24, 2.45) is 0 Å². The molecule has 0 radical (unpaired) electrons. The Morgan fingerprint density at radius 3 is 2.46 bits per heavy atom. The third-order valence-electron chi connectivity index (χ3n) is 3.93. The Labute approximate surface area is 154 Å². The zero-order chi connectivity index (χ0) is 19.1.